The molecule has 0 aliphatic carbocycles. The first-order chi connectivity index (χ1) is 16.6. The van der Waals surface area contributed by atoms with Crippen LogP contribution in [0.5, 0.6) is 17.2 Å². The largest absolute Gasteiger partial charge is 0.508 e. The lowest BCUT2D eigenvalue weighted by atomic mass is 9.97. The Morgan fingerprint density at radius 2 is 1.71 bits per heavy atom. The maximum absolute atomic E-state index is 13.6. The van der Waals surface area contributed by atoms with Crippen LogP contribution in [0.3, 0.4) is 0 Å². The van der Waals surface area contributed by atoms with E-state index in [0.29, 0.717) is 33.6 Å². The highest BCUT2D eigenvalue weighted by Crippen LogP contribution is 2.47. The van der Waals surface area contributed by atoms with Crippen LogP contribution in [0.4, 0.5) is 0 Å². The molecule has 9 nitrogen and oxygen atoms in total. The van der Waals surface area contributed by atoms with Gasteiger partial charge in [-0.25, -0.2) is 4.79 Å². The van der Waals surface area contributed by atoms with Crippen molar-refractivity contribution in [2.45, 2.75) is 25.5 Å². The highest BCUT2D eigenvalue weighted by atomic mass is 16.5. The van der Waals surface area contributed by atoms with Gasteiger partial charge in [0.15, 0.2) is 0 Å². The molecule has 0 amide bonds. The Morgan fingerprint density at radius 1 is 1.03 bits per heavy atom. The van der Waals surface area contributed by atoms with Crippen molar-refractivity contribution in [1.29, 1.82) is 0 Å². The number of ether oxygens (including phenoxy) is 2. The average Bonchev–Trinajstić information content (AvgIpc) is 3.20. The zero-order valence-corrected chi connectivity index (χ0v) is 20.2. The molecule has 0 spiro atoms. The number of benzene rings is 2. The Bertz CT molecular complexity index is 1590. The summed E-state index contributed by atoms with van der Waals surface area (Å²) in [6, 6.07) is 11.7. The molecule has 0 fully saturated rings. The first-order valence-electron chi connectivity index (χ1n) is 11.2. The summed E-state index contributed by atoms with van der Waals surface area (Å²) < 4.78 is 16.2. The van der Waals surface area contributed by atoms with Crippen molar-refractivity contribution in [2.75, 3.05) is 13.7 Å². The summed E-state index contributed by atoms with van der Waals surface area (Å²) in [7, 11) is 4.67. The van der Waals surface area contributed by atoms with Crippen LogP contribution in [0.15, 0.2) is 52.1 Å². The third-order valence-electron chi connectivity index (χ3n) is 6.73. The van der Waals surface area contributed by atoms with Crippen molar-refractivity contribution >= 4 is 10.9 Å². The van der Waals surface area contributed by atoms with Crippen molar-refractivity contribution in [3.8, 4) is 28.5 Å². The van der Waals surface area contributed by atoms with Crippen LogP contribution in [-0.2, 0) is 24.4 Å². The standard InChI is InChI=1S/C26H27N3O6/c1-26(2)13-35-23(17-11-8-15(30)12-18(17)31)22-21-19(24(32)28(4)25(33)27(21)3)20(29(22)26)14-6-9-16(34-5)10-7-14/h6-12,23,30-31H,13H2,1-5H3/t23-/m0/s1. The second-order valence-electron chi connectivity index (χ2n) is 9.47. The van der Waals surface area contributed by atoms with E-state index < -0.39 is 22.9 Å². The zero-order valence-electron chi connectivity index (χ0n) is 20.2. The van der Waals surface area contributed by atoms with E-state index in [9.17, 15) is 19.8 Å². The van der Waals surface area contributed by atoms with Crippen LogP contribution in [0, 0.1) is 0 Å². The van der Waals surface area contributed by atoms with Crippen molar-refractivity contribution in [3.63, 3.8) is 0 Å². The van der Waals surface area contributed by atoms with Crippen LogP contribution in [-0.4, -0.2) is 37.6 Å². The van der Waals surface area contributed by atoms with E-state index in [-0.39, 0.29) is 18.1 Å². The van der Waals surface area contributed by atoms with Gasteiger partial charge in [0.2, 0.25) is 0 Å². The van der Waals surface area contributed by atoms with E-state index in [1.165, 1.54) is 23.7 Å². The fourth-order valence-corrected chi connectivity index (χ4v) is 5.01. The molecule has 1 atom stereocenters. The van der Waals surface area contributed by atoms with E-state index in [0.717, 1.165) is 10.1 Å². The molecule has 3 heterocycles. The molecular formula is C26H27N3O6. The molecular weight excluding hydrogens is 450 g/mol. The predicted molar refractivity (Wildman–Crippen MR) is 131 cm³/mol. The van der Waals surface area contributed by atoms with Gasteiger partial charge in [0.05, 0.1) is 41.5 Å². The summed E-state index contributed by atoms with van der Waals surface area (Å²) in [6.07, 6.45) is -0.782. The molecule has 2 N–H and O–H groups in total. The van der Waals surface area contributed by atoms with Crippen LogP contribution in [0.1, 0.15) is 31.2 Å². The molecule has 182 valence electrons. The molecule has 0 bridgehead atoms. The molecule has 5 rings (SSSR count). The minimum absolute atomic E-state index is 0.0807. The number of aromatic hydroxyl groups is 2. The zero-order chi connectivity index (χ0) is 25.2. The number of phenolic OH excluding ortho intramolecular Hbond substituents is 2. The summed E-state index contributed by atoms with van der Waals surface area (Å²) in [5.41, 5.74) is 1.41. The van der Waals surface area contributed by atoms with Crippen LogP contribution >= 0.6 is 0 Å². The lowest BCUT2D eigenvalue weighted by molar-refractivity contribution is -0.00800. The number of nitrogens with zero attached hydrogens (tertiary/aromatic N) is 3. The Balaban J connectivity index is 1.98. The minimum atomic E-state index is -0.782. The van der Waals surface area contributed by atoms with Gasteiger partial charge in [-0.2, -0.15) is 0 Å². The van der Waals surface area contributed by atoms with Gasteiger partial charge in [-0.3, -0.25) is 13.9 Å². The van der Waals surface area contributed by atoms with Crippen molar-refractivity contribution in [1.82, 2.24) is 13.7 Å². The third kappa shape index (κ3) is 3.26. The van der Waals surface area contributed by atoms with Gasteiger partial charge in [0, 0.05) is 25.7 Å². The second kappa shape index (κ2) is 7.78. The predicted octanol–water partition coefficient (Wildman–Crippen LogP) is 2.98. The van der Waals surface area contributed by atoms with Gasteiger partial charge in [0.25, 0.3) is 5.56 Å². The Labute approximate surface area is 201 Å². The molecule has 0 saturated heterocycles. The number of fused-ring (bicyclic) bond motifs is 3. The highest BCUT2D eigenvalue weighted by Gasteiger charge is 2.41. The molecule has 35 heavy (non-hydrogen) atoms. The summed E-state index contributed by atoms with van der Waals surface area (Å²) in [6.45, 7) is 4.28. The molecule has 9 heteroatoms. The average molecular weight is 478 g/mol. The second-order valence-corrected chi connectivity index (χ2v) is 9.47. The van der Waals surface area contributed by atoms with E-state index in [4.69, 9.17) is 9.47 Å². The monoisotopic (exact) mass is 477 g/mol. The summed E-state index contributed by atoms with van der Waals surface area (Å²) in [5.74, 6) is 0.455. The summed E-state index contributed by atoms with van der Waals surface area (Å²) >= 11 is 0. The minimum Gasteiger partial charge on any atom is -0.508 e. The van der Waals surface area contributed by atoms with Gasteiger partial charge in [-0.1, -0.05) is 0 Å². The number of phenols is 2. The lowest BCUT2D eigenvalue weighted by Gasteiger charge is -2.39. The van der Waals surface area contributed by atoms with E-state index >= 15 is 0 Å². The Morgan fingerprint density at radius 3 is 2.34 bits per heavy atom. The highest BCUT2D eigenvalue weighted by molar-refractivity contribution is 5.97. The fourth-order valence-electron chi connectivity index (χ4n) is 5.01. The lowest BCUT2D eigenvalue weighted by Crippen LogP contribution is -2.40. The maximum Gasteiger partial charge on any atom is 0.331 e. The SMILES string of the molecule is COc1ccc(-c2c3c(=O)n(C)c(=O)n(C)c3c3n2C(C)(C)CO[C@H]3c2ccc(O)cc2O)cc1. The summed E-state index contributed by atoms with van der Waals surface area (Å²) in [5, 5.41) is 20.9. The molecule has 0 radical (unpaired) electrons. The van der Waals surface area contributed by atoms with Crippen LogP contribution < -0.4 is 16.0 Å². The maximum atomic E-state index is 13.6. The quantitative estimate of drug-likeness (QED) is 0.470. The molecule has 0 unspecified atom stereocenters. The molecule has 1 aliphatic heterocycles. The molecule has 2 aromatic heterocycles. The van der Waals surface area contributed by atoms with Crippen LogP contribution in [0.25, 0.3) is 22.2 Å². The topological polar surface area (TPSA) is 108 Å². The van der Waals surface area contributed by atoms with E-state index in [1.54, 1.807) is 20.2 Å². The number of aryl methyl sites for hydroxylation is 1. The Hall–Kier alpha value is -3.98. The number of hydrogen-bond donors (Lipinski definition) is 2. The first-order valence-corrected chi connectivity index (χ1v) is 11.2. The van der Waals surface area contributed by atoms with E-state index in [1.807, 2.05) is 42.7 Å². The molecule has 2 aromatic carbocycles. The van der Waals surface area contributed by atoms with Crippen LogP contribution in [0.2, 0.25) is 0 Å². The number of hydrogen-bond acceptors (Lipinski definition) is 6. The smallest absolute Gasteiger partial charge is 0.331 e. The van der Waals surface area contributed by atoms with Crippen molar-refractivity contribution in [3.05, 3.63) is 74.6 Å². The Kier molecular flexibility index (Phi) is 5.06. The normalized spacial score (nSPS) is 16.9. The van der Waals surface area contributed by atoms with Gasteiger partial charge < -0.3 is 24.3 Å². The molecule has 0 saturated carbocycles. The van der Waals surface area contributed by atoms with Gasteiger partial charge in [-0.05, 0) is 55.8 Å². The number of aromatic nitrogens is 3. The van der Waals surface area contributed by atoms with Gasteiger partial charge >= 0.3 is 5.69 Å². The fraction of sp³-hybridized carbons (Fsp3) is 0.308. The van der Waals surface area contributed by atoms with Crippen molar-refractivity contribution in [2.24, 2.45) is 14.1 Å². The third-order valence-corrected chi connectivity index (χ3v) is 6.73. The van der Waals surface area contributed by atoms with Gasteiger partial charge in [-0.15, -0.1) is 0 Å². The first kappa shape index (κ1) is 22.8. The van der Waals surface area contributed by atoms with Crippen molar-refractivity contribution < 1.29 is 19.7 Å². The molecule has 4 aromatic rings. The number of rotatable bonds is 3. The molecule has 1 aliphatic rings. The summed E-state index contributed by atoms with van der Waals surface area (Å²) in [4.78, 5) is 26.6. The van der Waals surface area contributed by atoms with E-state index in [2.05, 4.69) is 0 Å². The number of methoxy groups -OCH3 is 1. The van der Waals surface area contributed by atoms with Gasteiger partial charge in [0.1, 0.15) is 23.4 Å².